The highest BCUT2D eigenvalue weighted by Crippen LogP contribution is 2.26. The van der Waals surface area contributed by atoms with E-state index in [0.29, 0.717) is 16.6 Å². The van der Waals surface area contributed by atoms with Gasteiger partial charge in [-0.1, -0.05) is 12.1 Å². The van der Waals surface area contributed by atoms with Gasteiger partial charge in [0.25, 0.3) is 19.1 Å². The molecular formula is C21H13ClN6O6S4. The fourth-order valence-corrected chi connectivity index (χ4v) is 6.60. The van der Waals surface area contributed by atoms with Crippen molar-refractivity contribution < 1.29 is 26.4 Å². The molecule has 0 fully saturated rings. The lowest BCUT2D eigenvalue weighted by atomic mass is 10.1. The van der Waals surface area contributed by atoms with E-state index in [0.717, 1.165) is 23.5 Å². The van der Waals surface area contributed by atoms with Crippen LogP contribution in [-0.4, -0.2) is 47.4 Å². The lowest BCUT2D eigenvalue weighted by molar-refractivity contribution is 0.0602. The Bertz CT molecular complexity index is 1930. The molecule has 2 heterocycles. The highest BCUT2D eigenvalue weighted by Gasteiger charge is 2.23. The number of rotatable bonds is 5. The highest BCUT2D eigenvalue weighted by molar-refractivity contribution is 8.14. The lowest BCUT2D eigenvalue weighted by Crippen LogP contribution is -2.16. The van der Waals surface area contributed by atoms with Gasteiger partial charge in [-0.2, -0.15) is 22.8 Å². The molecule has 0 radical (unpaired) electrons. The Morgan fingerprint density at radius 1 is 0.921 bits per heavy atom. The van der Waals surface area contributed by atoms with E-state index in [1.165, 1.54) is 37.4 Å². The number of methoxy groups -OCH3 is 1. The quantitative estimate of drug-likeness (QED) is 0.226. The van der Waals surface area contributed by atoms with Gasteiger partial charge in [-0.3, -0.25) is 4.72 Å². The molecule has 0 spiro atoms. The first-order valence-electron chi connectivity index (χ1n) is 10.1. The first kappa shape index (κ1) is 27.3. The van der Waals surface area contributed by atoms with Crippen LogP contribution in [0.15, 0.2) is 64.4 Å². The maximum atomic E-state index is 12.8. The molecule has 1 N–H and O–H groups in total. The Morgan fingerprint density at radius 2 is 1.50 bits per heavy atom. The van der Waals surface area contributed by atoms with Gasteiger partial charge in [0.2, 0.25) is 0 Å². The zero-order valence-electron chi connectivity index (χ0n) is 18.9. The van der Waals surface area contributed by atoms with Crippen LogP contribution in [0.5, 0.6) is 0 Å². The van der Waals surface area contributed by atoms with Gasteiger partial charge in [-0.25, -0.2) is 21.6 Å². The van der Waals surface area contributed by atoms with E-state index in [1.54, 1.807) is 24.3 Å². The zero-order valence-corrected chi connectivity index (χ0v) is 22.9. The van der Waals surface area contributed by atoms with Crippen LogP contribution in [0.2, 0.25) is 0 Å². The summed E-state index contributed by atoms with van der Waals surface area (Å²) >= 11 is 1.86. The third-order valence-electron chi connectivity index (χ3n) is 4.85. The number of benzene rings is 3. The molecule has 2 aromatic heterocycles. The second-order valence-electron chi connectivity index (χ2n) is 7.18. The van der Waals surface area contributed by atoms with Crippen molar-refractivity contribution >= 4 is 86.9 Å². The number of esters is 1. The van der Waals surface area contributed by atoms with Crippen molar-refractivity contribution in [3.63, 3.8) is 0 Å². The average molecular weight is 609 g/mol. The molecular weight excluding hydrogens is 596 g/mol. The number of ether oxygens (including phenoxy) is 1. The van der Waals surface area contributed by atoms with Gasteiger partial charge in [0, 0.05) is 10.7 Å². The number of aromatic nitrogens is 4. The standard InChI is InChI=1S/C15H10N4O4S2.C6H3ClN2O2S2/c1-23-15(20)10-6-5-9(8-16)7-12(10)19-25(21,22)13-4-2-3-11-14(13)18-24-17-11;7-13(10,11)5-3-1-2-4-6(5)9-12-8-4/h2-7,19H,1H3;1-3H. The summed E-state index contributed by atoms with van der Waals surface area (Å²) in [5.74, 6) is -0.726. The molecule has 5 aromatic rings. The Labute approximate surface area is 228 Å². The summed E-state index contributed by atoms with van der Waals surface area (Å²) in [4.78, 5) is 11.8. The predicted octanol–water partition coefficient (Wildman–Crippen LogP) is 3.77. The molecule has 0 aliphatic carbocycles. The molecule has 0 aliphatic heterocycles. The minimum Gasteiger partial charge on any atom is -0.465 e. The van der Waals surface area contributed by atoms with Gasteiger partial charge in [0.1, 0.15) is 31.9 Å². The molecule has 0 saturated carbocycles. The number of nitriles is 1. The van der Waals surface area contributed by atoms with E-state index in [-0.39, 0.29) is 32.1 Å². The topological polar surface area (TPSA) is 182 Å². The zero-order chi connectivity index (χ0) is 27.5. The number of hydrogen-bond donors (Lipinski definition) is 1. The van der Waals surface area contributed by atoms with Crippen LogP contribution in [0, 0.1) is 11.3 Å². The SMILES string of the molecule is COC(=O)c1ccc(C#N)cc1NS(=O)(=O)c1cccc2nsnc12.O=S(=O)(Cl)c1cccc2nsnc12. The summed E-state index contributed by atoms with van der Waals surface area (Å²) in [5, 5.41) is 9.02. The maximum absolute atomic E-state index is 12.8. The number of carbonyl (C=O) groups excluding carboxylic acids is 1. The molecule has 0 unspecified atom stereocenters. The van der Waals surface area contributed by atoms with Crippen LogP contribution in [0.4, 0.5) is 5.69 Å². The number of anilines is 1. The van der Waals surface area contributed by atoms with Crippen LogP contribution in [0.25, 0.3) is 22.1 Å². The van der Waals surface area contributed by atoms with Gasteiger partial charge < -0.3 is 4.74 Å². The lowest BCUT2D eigenvalue weighted by Gasteiger charge is -2.12. The van der Waals surface area contributed by atoms with E-state index in [4.69, 9.17) is 15.9 Å². The predicted molar refractivity (Wildman–Crippen MR) is 141 cm³/mol. The van der Waals surface area contributed by atoms with E-state index < -0.39 is 25.0 Å². The van der Waals surface area contributed by atoms with Crippen molar-refractivity contribution in [1.82, 2.24) is 17.5 Å². The number of sulfonamides is 1. The highest BCUT2D eigenvalue weighted by atomic mass is 35.7. The Kier molecular flexibility index (Phi) is 7.85. The van der Waals surface area contributed by atoms with Gasteiger partial charge in [0.05, 0.1) is 53.4 Å². The molecule has 0 atom stereocenters. The van der Waals surface area contributed by atoms with Crippen molar-refractivity contribution in [2.24, 2.45) is 0 Å². The molecule has 0 amide bonds. The molecule has 0 aliphatic rings. The molecule has 38 heavy (non-hydrogen) atoms. The number of nitrogens with one attached hydrogen (secondary N) is 1. The first-order valence-corrected chi connectivity index (χ1v) is 15.3. The van der Waals surface area contributed by atoms with Crippen molar-refractivity contribution in [2.75, 3.05) is 11.8 Å². The Balaban J connectivity index is 0.000000216. The maximum Gasteiger partial charge on any atom is 0.339 e. The van der Waals surface area contributed by atoms with Gasteiger partial charge >= 0.3 is 5.97 Å². The van der Waals surface area contributed by atoms with Crippen LogP contribution < -0.4 is 4.72 Å². The molecule has 0 bridgehead atoms. The summed E-state index contributed by atoms with van der Waals surface area (Å²) in [6, 6.07) is 15.1. The summed E-state index contributed by atoms with van der Waals surface area (Å²) in [6.07, 6.45) is 0. The average Bonchev–Trinajstić information content (AvgIpc) is 3.57. The van der Waals surface area contributed by atoms with Crippen LogP contribution in [-0.2, 0) is 23.8 Å². The van der Waals surface area contributed by atoms with Gasteiger partial charge in [0.15, 0.2) is 0 Å². The Morgan fingerprint density at radius 3 is 2.05 bits per heavy atom. The molecule has 3 aromatic carbocycles. The fraction of sp³-hybridized carbons (Fsp3) is 0.0476. The number of nitrogens with zero attached hydrogens (tertiary/aromatic N) is 5. The van der Waals surface area contributed by atoms with Crippen LogP contribution in [0.1, 0.15) is 15.9 Å². The number of carbonyl (C=O) groups is 1. The molecule has 194 valence electrons. The smallest absolute Gasteiger partial charge is 0.339 e. The Hall–Kier alpha value is -3.75. The third kappa shape index (κ3) is 5.71. The minimum atomic E-state index is -4.06. The number of halogens is 1. The summed E-state index contributed by atoms with van der Waals surface area (Å²) in [5.41, 5.74) is 1.70. The van der Waals surface area contributed by atoms with Gasteiger partial charge in [-0.05, 0) is 42.5 Å². The molecule has 12 nitrogen and oxygen atoms in total. The molecule has 17 heteroatoms. The third-order valence-corrected chi connectivity index (χ3v) is 8.68. The van der Waals surface area contributed by atoms with Gasteiger partial charge in [-0.15, -0.1) is 0 Å². The summed E-state index contributed by atoms with van der Waals surface area (Å²) < 4.78 is 70.4. The number of fused-ring (bicyclic) bond motifs is 2. The monoisotopic (exact) mass is 608 g/mol. The minimum absolute atomic E-state index is 0.00588. The molecule has 5 rings (SSSR count). The normalized spacial score (nSPS) is 11.4. The van der Waals surface area contributed by atoms with E-state index >= 15 is 0 Å². The van der Waals surface area contributed by atoms with Crippen molar-refractivity contribution in [2.45, 2.75) is 9.79 Å². The van der Waals surface area contributed by atoms with Crippen LogP contribution >= 0.6 is 34.1 Å². The fourth-order valence-electron chi connectivity index (χ4n) is 3.16. The van der Waals surface area contributed by atoms with Crippen molar-refractivity contribution in [3.8, 4) is 6.07 Å². The summed E-state index contributed by atoms with van der Waals surface area (Å²) in [6.45, 7) is 0. The summed E-state index contributed by atoms with van der Waals surface area (Å²) in [7, 11) is -1.40. The van der Waals surface area contributed by atoms with Crippen molar-refractivity contribution in [3.05, 3.63) is 65.7 Å². The van der Waals surface area contributed by atoms with Crippen molar-refractivity contribution in [1.29, 1.82) is 5.26 Å². The second-order valence-corrected chi connectivity index (χ2v) is 12.4. The van der Waals surface area contributed by atoms with E-state index in [1.807, 2.05) is 6.07 Å². The number of hydrogen-bond acceptors (Lipinski definition) is 13. The van der Waals surface area contributed by atoms with E-state index in [2.05, 4.69) is 27.0 Å². The first-order chi connectivity index (χ1) is 18.0. The van der Waals surface area contributed by atoms with E-state index in [9.17, 15) is 21.6 Å². The molecule has 0 saturated heterocycles. The van der Waals surface area contributed by atoms with Crippen LogP contribution in [0.3, 0.4) is 0 Å². The second kappa shape index (κ2) is 10.9. The largest absolute Gasteiger partial charge is 0.465 e.